The molecule has 0 aliphatic carbocycles. The first-order chi connectivity index (χ1) is 11.4. The van der Waals surface area contributed by atoms with Gasteiger partial charge in [-0.3, -0.25) is 9.59 Å². The van der Waals surface area contributed by atoms with Crippen molar-refractivity contribution in [3.8, 4) is 0 Å². The van der Waals surface area contributed by atoms with Gasteiger partial charge in [-0.15, -0.1) is 0 Å². The van der Waals surface area contributed by atoms with Crippen molar-refractivity contribution < 1.29 is 9.59 Å². The molecule has 0 aliphatic heterocycles. The first-order valence-corrected chi connectivity index (χ1v) is 8.28. The maximum atomic E-state index is 12.6. The average molecular weight is 365 g/mol. The van der Waals surface area contributed by atoms with Crippen molar-refractivity contribution >= 4 is 40.7 Å². The maximum Gasteiger partial charge on any atom is 0.254 e. The normalized spacial score (nSPS) is 10.3. The molecule has 0 saturated carbocycles. The highest BCUT2D eigenvalue weighted by Gasteiger charge is 2.19. The van der Waals surface area contributed by atoms with E-state index in [1.54, 1.807) is 30.3 Å². The summed E-state index contributed by atoms with van der Waals surface area (Å²) in [6.45, 7) is 4.03. The summed E-state index contributed by atoms with van der Waals surface area (Å²) in [5, 5.41) is 3.37. The van der Waals surface area contributed by atoms with E-state index in [4.69, 9.17) is 23.2 Å². The molecule has 0 radical (unpaired) electrons. The van der Waals surface area contributed by atoms with Crippen molar-refractivity contribution in [2.24, 2.45) is 0 Å². The minimum absolute atomic E-state index is 0.0782. The highest BCUT2D eigenvalue weighted by Crippen LogP contribution is 2.29. The number of anilines is 1. The molecule has 2 rings (SSSR count). The zero-order valence-corrected chi connectivity index (χ0v) is 15.0. The number of hydrogen-bond acceptors (Lipinski definition) is 2. The third-order valence-electron chi connectivity index (χ3n) is 3.61. The third kappa shape index (κ3) is 4.28. The molecule has 0 atom stereocenters. The molecule has 6 heteroatoms. The topological polar surface area (TPSA) is 49.4 Å². The van der Waals surface area contributed by atoms with Gasteiger partial charge in [0.25, 0.3) is 5.91 Å². The smallest absolute Gasteiger partial charge is 0.254 e. The predicted octanol–water partition coefficient (Wildman–Crippen LogP) is 4.40. The minimum Gasteiger partial charge on any atom is -0.330 e. The molecule has 0 aromatic heterocycles. The van der Waals surface area contributed by atoms with Gasteiger partial charge < -0.3 is 10.2 Å². The monoisotopic (exact) mass is 364 g/mol. The Morgan fingerprint density at radius 3 is 2.25 bits per heavy atom. The van der Waals surface area contributed by atoms with Gasteiger partial charge in [-0.1, -0.05) is 47.5 Å². The Balaban J connectivity index is 2.11. The Morgan fingerprint density at radius 2 is 1.67 bits per heavy atom. The van der Waals surface area contributed by atoms with Gasteiger partial charge in [0, 0.05) is 12.1 Å². The third-order valence-corrected chi connectivity index (χ3v) is 4.24. The summed E-state index contributed by atoms with van der Waals surface area (Å²) >= 11 is 12.1. The largest absolute Gasteiger partial charge is 0.330 e. The van der Waals surface area contributed by atoms with Crippen LogP contribution in [0.4, 0.5) is 5.69 Å². The van der Waals surface area contributed by atoms with Gasteiger partial charge in [0.05, 0.1) is 15.7 Å². The van der Waals surface area contributed by atoms with Crippen molar-refractivity contribution in [2.75, 3.05) is 18.4 Å². The molecule has 0 spiro atoms. The maximum absolute atomic E-state index is 12.6. The summed E-state index contributed by atoms with van der Waals surface area (Å²) in [4.78, 5) is 26.4. The van der Waals surface area contributed by atoms with E-state index in [0.717, 1.165) is 5.56 Å². The van der Waals surface area contributed by atoms with Crippen molar-refractivity contribution in [3.63, 3.8) is 0 Å². The van der Waals surface area contributed by atoms with Crippen LogP contribution in [0.3, 0.4) is 0 Å². The van der Waals surface area contributed by atoms with E-state index in [2.05, 4.69) is 5.32 Å². The van der Waals surface area contributed by atoms with Crippen LogP contribution in [0.25, 0.3) is 0 Å². The lowest BCUT2D eigenvalue weighted by Gasteiger charge is -2.21. The first-order valence-electron chi connectivity index (χ1n) is 7.52. The molecule has 0 bridgehead atoms. The zero-order valence-electron chi connectivity index (χ0n) is 13.5. The molecule has 126 valence electrons. The van der Waals surface area contributed by atoms with Crippen molar-refractivity contribution in [2.45, 2.75) is 13.8 Å². The molecular formula is C18H18Cl2N2O2. The Bertz CT molecular complexity index is 742. The van der Waals surface area contributed by atoms with Crippen LogP contribution in [0, 0.1) is 6.92 Å². The lowest BCUT2D eigenvalue weighted by Crippen LogP contribution is -2.38. The van der Waals surface area contributed by atoms with Crippen LogP contribution in [0.15, 0.2) is 42.5 Å². The van der Waals surface area contributed by atoms with Gasteiger partial charge in [-0.05, 0) is 37.6 Å². The molecular weight excluding hydrogens is 347 g/mol. The number of aryl methyl sites for hydroxylation is 1. The lowest BCUT2D eigenvalue weighted by atomic mass is 10.1. The molecule has 2 aromatic carbocycles. The second-order valence-electron chi connectivity index (χ2n) is 5.28. The number of hydrogen-bond donors (Lipinski definition) is 1. The van der Waals surface area contributed by atoms with Crippen molar-refractivity contribution in [3.05, 3.63) is 63.6 Å². The van der Waals surface area contributed by atoms with E-state index in [9.17, 15) is 9.59 Å². The summed E-state index contributed by atoms with van der Waals surface area (Å²) < 4.78 is 0. The Kier molecular flexibility index (Phi) is 6.23. The number of benzene rings is 2. The van der Waals surface area contributed by atoms with Crippen LogP contribution in [-0.4, -0.2) is 29.8 Å². The van der Waals surface area contributed by atoms with E-state index in [1.807, 2.05) is 26.0 Å². The fraction of sp³-hybridized carbons (Fsp3) is 0.222. The summed E-state index contributed by atoms with van der Waals surface area (Å²) in [6.07, 6.45) is 0. The number of nitrogens with one attached hydrogen (secondary N) is 1. The first kappa shape index (κ1) is 18.3. The van der Waals surface area contributed by atoms with E-state index in [0.29, 0.717) is 27.8 Å². The number of amides is 2. The van der Waals surface area contributed by atoms with Crippen LogP contribution in [0.1, 0.15) is 22.8 Å². The summed E-state index contributed by atoms with van der Waals surface area (Å²) in [7, 11) is 0. The van der Waals surface area contributed by atoms with E-state index >= 15 is 0 Å². The predicted molar refractivity (Wildman–Crippen MR) is 97.8 cm³/mol. The Labute approximate surface area is 151 Å². The Hall–Kier alpha value is -2.04. The number of carbonyl (C=O) groups is 2. The van der Waals surface area contributed by atoms with Gasteiger partial charge in [0.2, 0.25) is 5.91 Å². The number of para-hydroxylation sites is 1. The van der Waals surface area contributed by atoms with Crippen LogP contribution in [0.5, 0.6) is 0 Å². The van der Waals surface area contributed by atoms with E-state index < -0.39 is 0 Å². The van der Waals surface area contributed by atoms with Crippen LogP contribution in [0.2, 0.25) is 10.0 Å². The minimum atomic E-state index is -0.353. The van der Waals surface area contributed by atoms with Crippen LogP contribution >= 0.6 is 23.2 Å². The average Bonchev–Trinajstić information content (AvgIpc) is 2.56. The molecule has 0 aliphatic rings. The molecule has 4 nitrogen and oxygen atoms in total. The van der Waals surface area contributed by atoms with E-state index in [1.165, 1.54) is 4.90 Å². The van der Waals surface area contributed by atoms with Crippen molar-refractivity contribution in [1.29, 1.82) is 0 Å². The highest BCUT2D eigenvalue weighted by atomic mass is 35.5. The lowest BCUT2D eigenvalue weighted by molar-refractivity contribution is -0.116. The van der Waals surface area contributed by atoms with Gasteiger partial charge in [-0.2, -0.15) is 0 Å². The fourth-order valence-electron chi connectivity index (χ4n) is 2.28. The molecule has 0 saturated heterocycles. The summed E-state index contributed by atoms with van der Waals surface area (Å²) in [6, 6.07) is 12.3. The van der Waals surface area contributed by atoms with Crippen LogP contribution in [-0.2, 0) is 4.79 Å². The van der Waals surface area contributed by atoms with Gasteiger partial charge in [-0.25, -0.2) is 0 Å². The number of likely N-dealkylation sites (N-methyl/N-ethyl adjacent to an activating group) is 1. The quantitative estimate of drug-likeness (QED) is 0.854. The number of carbonyl (C=O) groups excluding carboxylic acids is 2. The second-order valence-corrected chi connectivity index (χ2v) is 6.09. The molecule has 0 fully saturated rings. The molecule has 24 heavy (non-hydrogen) atoms. The van der Waals surface area contributed by atoms with Crippen molar-refractivity contribution in [1.82, 2.24) is 4.90 Å². The fourth-order valence-corrected chi connectivity index (χ4v) is 2.77. The molecule has 2 amide bonds. The van der Waals surface area contributed by atoms with Gasteiger partial charge in [0.1, 0.15) is 6.54 Å². The number of nitrogens with zero attached hydrogens (tertiary/aromatic N) is 1. The standard InChI is InChI=1S/C18H18Cl2N2O2/c1-3-22(18(24)13-8-5-4-7-12(13)2)11-16(23)21-17-14(19)9-6-10-15(17)20/h4-10H,3,11H2,1-2H3,(H,21,23). The van der Waals surface area contributed by atoms with E-state index in [-0.39, 0.29) is 18.4 Å². The van der Waals surface area contributed by atoms with Gasteiger partial charge in [0.15, 0.2) is 0 Å². The summed E-state index contributed by atoms with van der Waals surface area (Å²) in [5.41, 5.74) is 1.81. The van der Waals surface area contributed by atoms with Crippen LogP contribution < -0.4 is 5.32 Å². The molecule has 1 N–H and O–H groups in total. The Morgan fingerprint density at radius 1 is 1.04 bits per heavy atom. The molecule has 0 unspecified atom stereocenters. The second kappa shape index (κ2) is 8.18. The molecule has 2 aromatic rings. The molecule has 0 heterocycles. The summed E-state index contributed by atoms with van der Waals surface area (Å²) in [5.74, 6) is -0.537. The highest BCUT2D eigenvalue weighted by molar-refractivity contribution is 6.39. The zero-order chi connectivity index (χ0) is 17.7. The number of rotatable bonds is 5. The number of halogens is 2. The van der Waals surface area contributed by atoms with Gasteiger partial charge >= 0.3 is 0 Å². The SMILES string of the molecule is CCN(CC(=O)Nc1c(Cl)cccc1Cl)C(=O)c1ccccc1C.